The molecular weight excluding hydrogens is 306 g/mol. The van der Waals surface area contributed by atoms with Crippen molar-refractivity contribution in [1.29, 1.82) is 0 Å². The summed E-state index contributed by atoms with van der Waals surface area (Å²) in [5, 5.41) is 12.3. The van der Waals surface area contributed by atoms with Crippen molar-refractivity contribution in [1.82, 2.24) is 5.32 Å². The van der Waals surface area contributed by atoms with Gasteiger partial charge in [-0.1, -0.05) is 29.8 Å². The van der Waals surface area contributed by atoms with Crippen LogP contribution in [0.5, 0.6) is 5.75 Å². The maximum absolute atomic E-state index is 11.9. The molecule has 0 saturated carbocycles. The van der Waals surface area contributed by atoms with Gasteiger partial charge in [-0.3, -0.25) is 4.79 Å². The number of amides is 1. The lowest BCUT2D eigenvalue weighted by atomic mass is 10.2. The molecule has 0 heterocycles. The van der Waals surface area contributed by atoms with Crippen LogP contribution in [-0.4, -0.2) is 23.3 Å². The van der Waals surface area contributed by atoms with Crippen LogP contribution in [0, 0.1) is 0 Å². The zero-order valence-electron chi connectivity index (χ0n) is 11.4. The fourth-order valence-corrected chi connectivity index (χ4v) is 2.79. The molecule has 0 aliphatic carbocycles. The maximum atomic E-state index is 11.9. The number of benzene rings is 2. The van der Waals surface area contributed by atoms with Gasteiger partial charge in [0.25, 0.3) is 5.91 Å². The molecule has 0 unspecified atom stereocenters. The van der Waals surface area contributed by atoms with Gasteiger partial charge in [0.05, 0.1) is 5.02 Å². The zero-order chi connectivity index (χ0) is 15.1. The van der Waals surface area contributed by atoms with Crippen LogP contribution in [0.1, 0.15) is 16.8 Å². The largest absolute Gasteiger partial charge is 0.506 e. The van der Waals surface area contributed by atoms with E-state index in [1.807, 2.05) is 18.2 Å². The van der Waals surface area contributed by atoms with Gasteiger partial charge in [0, 0.05) is 17.0 Å². The van der Waals surface area contributed by atoms with E-state index < -0.39 is 0 Å². The molecule has 2 aromatic carbocycles. The first kappa shape index (κ1) is 15.7. The Morgan fingerprint density at radius 1 is 1.19 bits per heavy atom. The van der Waals surface area contributed by atoms with Crippen molar-refractivity contribution in [3.8, 4) is 5.75 Å². The van der Waals surface area contributed by atoms with E-state index in [0.717, 1.165) is 12.2 Å². The van der Waals surface area contributed by atoms with Crippen LogP contribution < -0.4 is 5.32 Å². The second-order valence-corrected chi connectivity index (χ2v) is 6.01. The molecule has 0 radical (unpaired) electrons. The summed E-state index contributed by atoms with van der Waals surface area (Å²) in [5.41, 5.74) is 0.452. The molecular formula is C16H16ClNO2S. The molecule has 1 amide bonds. The van der Waals surface area contributed by atoms with E-state index in [1.54, 1.807) is 17.8 Å². The normalized spacial score (nSPS) is 10.3. The molecule has 5 heteroatoms. The standard InChI is InChI=1S/C16H16ClNO2S/c17-14-11-12(7-8-15(14)19)16(20)18-9-4-10-21-13-5-2-1-3-6-13/h1-3,5-8,11,19H,4,9-10H2,(H,18,20). The van der Waals surface area contributed by atoms with Crippen molar-refractivity contribution in [2.24, 2.45) is 0 Å². The van der Waals surface area contributed by atoms with E-state index >= 15 is 0 Å². The van der Waals surface area contributed by atoms with Crippen LogP contribution in [0.3, 0.4) is 0 Å². The van der Waals surface area contributed by atoms with Crippen LogP contribution >= 0.6 is 23.4 Å². The van der Waals surface area contributed by atoms with Gasteiger partial charge in [0.1, 0.15) is 5.75 Å². The Morgan fingerprint density at radius 2 is 1.95 bits per heavy atom. The third-order valence-electron chi connectivity index (χ3n) is 2.83. The average molecular weight is 322 g/mol. The zero-order valence-corrected chi connectivity index (χ0v) is 13.0. The number of carbonyl (C=O) groups is 1. The monoisotopic (exact) mass is 321 g/mol. The summed E-state index contributed by atoms with van der Waals surface area (Å²) < 4.78 is 0. The third kappa shape index (κ3) is 4.99. The molecule has 0 fully saturated rings. The summed E-state index contributed by atoms with van der Waals surface area (Å²) in [6.07, 6.45) is 0.886. The molecule has 0 aromatic heterocycles. The predicted octanol–water partition coefficient (Wildman–Crippen LogP) is 3.96. The molecule has 0 atom stereocenters. The van der Waals surface area contributed by atoms with Crippen molar-refractivity contribution >= 4 is 29.3 Å². The lowest BCUT2D eigenvalue weighted by molar-refractivity contribution is 0.0954. The number of carbonyl (C=O) groups excluding carboxylic acids is 1. The molecule has 0 saturated heterocycles. The summed E-state index contributed by atoms with van der Waals surface area (Å²) >= 11 is 7.54. The molecule has 0 aliphatic heterocycles. The second-order valence-electron chi connectivity index (χ2n) is 4.44. The van der Waals surface area contributed by atoms with Gasteiger partial charge in [-0.15, -0.1) is 11.8 Å². The third-order valence-corrected chi connectivity index (χ3v) is 4.23. The van der Waals surface area contributed by atoms with E-state index in [2.05, 4.69) is 17.4 Å². The highest BCUT2D eigenvalue weighted by molar-refractivity contribution is 7.99. The molecule has 2 aromatic rings. The number of hydrogen-bond acceptors (Lipinski definition) is 3. The Bertz CT molecular complexity index is 604. The molecule has 2 N–H and O–H groups in total. The van der Waals surface area contributed by atoms with Gasteiger partial charge in [0.15, 0.2) is 0 Å². The SMILES string of the molecule is O=C(NCCCSc1ccccc1)c1ccc(O)c(Cl)c1. The number of halogens is 1. The Hall–Kier alpha value is -1.65. The lowest BCUT2D eigenvalue weighted by Gasteiger charge is -2.06. The number of rotatable bonds is 6. The Labute approximate surface area is 133 Å². The van der Waals surface area contributed by atoms with Crippen molar-refractivity contribution in [3.05, 3.63) is 59.1 Å². The number of hydrogen-bond donors (Lipinski definition) is 2. The second kappa shape index (κ2) is 7.96. The van der Waals surface area contributed by atoms with Crippen LogP contribution in [-0.2, 0) is 0 Å². The van der Waals surface area contributed by atoms with Gasteiger partial charge < -0.3 is 10.4 Å². The van der Waals surface area contributed by atoms with Gasteiger partial charge in [-0.2, -0.15) is 0 Å². The topological polar surface area (TPSA) is 49.3 Å². The fraction of sp³-hybridized carbons (Fsp3) is 0.188. The van der Waals surface area contributed by atoms with E-state index in [9.17, 15) is 9.90 Å². The van der Waals surface area contributed by atoms with Gasteiger partial charge >= 0.3 is 0 Å². The fourth-order valence-electron chi connectivity index (χ4n) is 1.73. The minimum atomic E-state index is -0.179. The van der Waals surface area contributed by atoms with Crippen LogP contribution in [0.15, 0.2) is 53.4 Å². The molecule has 0 spiro atoms. The van der Waals surface area contributed by atoms with Crippen LogP contribution in [0.25, 0.3) is 0 Å². The number of aromatic hydroxyl groups is 1. The highest BCUT2D eigenvalue weighted by Gasteiger charge is 2.07. The molecule has 21 heavy (non-hydrogen) atoms. The Morgan fingerprint density at radius 3 is 2.67 bits per heavy atom. The predicted molar refractivity (Wildman–Crippen MR) is 87.2 cm³/mol. The van der Waals surface area contributed by atoms with Crippen LogP contribution in [0.4, 0.5) is 0 Å². The van der Waals surface area contributed by atoms with Gasteiger partial charge in [-0.05, 0) is 42.5 Å². The van der Waals surface area contributed by atoms with Crippen molar-refractivity contribution in [2.45, 2.75) is 11.3 Å². The van der Waals surface area contributed by atoms with Crippen molar-refractivity contribution < 1.29 is 9.90 Å². The quantitative estimate of drug-likeness (QED) is 0.625. The highest BCUT2D eigenvalue weighted by Crippen LogP contribution is 2.23. The van der Waals surface area contributed by atoms with Gasteiger partial charge in [0.2, 0.25) is 0 Å². The lowest BCUT2D eigenvalue weighted by Crippen LogP contribution is -2.24. The molecule has 110 valence electrons. The highest BCUT2D eigenvalue weighted by atomic mass is 35.5. The summed E-state index contributed by atoms with van der Waals surface area (Å²) in [4.78, 5) is 13.1. The Balaban J connectivity index is 1.71. The number of nitrogens with one attached hydrogen (secondary N) is 1. The smallest absolute Gasteiger partial charge is 0.251 e. The van der Waals surface area contributed by atoms with Crippen molar-refractivity contribution in [2.75, 3.05) is 12.3 Å². The first-order chi connectivity index (χ1) is 10.2. The van der Waals surface area contributed by atoms with Gasteiger partial charge in [-0.25, -0.2) is 0 Å². The number of thioether (sulfide) groups is 1. The van der Waals surface area contributed by atoms with E-state index in [1.165, 1.54) is 17.0 Å². The van der Waals surface area contributed by atoms with Crippen molar-refractivity contribution in [3.63, 3.8) is 0 Å². The maximum Gasteiger partial charge on any atom is 0.251 e. The minimum absolute atomic E-state index is 0.0209. The summed E-state index contributed by atoms with van der Waals surface area (Å²) in [6.45, 7) is 0.608. The number of phenols is 1. The Kier molecular flexibility index (Phi) is 5.96. The summed E-state index contributed by atoms with van der Waals surface area (Å²) in [5.74, 6) is 0.745. The van der Waals surface area contributed by atoms with E-state index in [0.29, 0.717) is 12.1 Å². The molecule has 2 rings (SSSR count). The number of phenolic OH excluding ortho intramolecular Hbond substituents is 1. The molecule has 3 nitrogen and oxygen atoms in total. The summed E-state index contributed by atoms with van der Waals surface area (Å²) in [6, 6.07) is 14.6. The van der Waals surface area contributed by atoms with E-state index in [-0.39, 0.29) is 16.7 Å². The van der Waals surface area contributed by atoms with Crippen LogP contribution in [0.2, 0.25) is 5.02 Å². The molecule has 0 bridgehead atoms. The molecule has 0 aliphatic rings. The van der Waals surface area contributed by atoms with E-state index in [4.69, 9.17) is 11.6 Å². The first-order valence-electron chi connectivity index (χ1n) is 6.61. The average Bonchev–Trinajstić information content (AvgIpc) is 2.50. The first-order valence-corrected chi connectivity index (χ1v) is 7.98. The summed E-state index contributed by atoms with van der Waals surface area (Å²) in [7, 11) is 0. The minimum Gasteiger partial charge on any atom is -0.506 e.